The van der Waals surface area contributed by atoms with Crippen molar-refractivity contribution in [2.45, 2.75) is 6.42 Å². The van der Waals surface area contributed by atoms with Gasteiger partial charge in [0.05, 0.1) is 16.1 Å². The average Bonchev–Trinajstić information content (AvgIpc) is 2.78. The fourth-order valence-corrected chi connectivity index (χ4v) is 2.22. The number of rotatable bonds is 4. The highest BCUT2D eigenvalue weighted by Gasteiger charge is 2.08. The van der Waals surface area contributed by atoms with Crippen molar-refractivity contribution in [2.24, 2.45) is 5.73 Å². The van der Waals surface area contributed by atoms with Crippen LogP contribution in [0.1, 0.15) is 20.2 Å². The number of nitrogens with zero attached hydrogens (tertiary/aromatic N) is 2. The maximum absolute atomic E-state index is 10.9. The third-order valence-electron chi connectivity index (χ3n) is 2.30. The first-order valence-corrected chi connectivity index (χ1v) is 5.86. The number of benzene rings is 1. The second kappa shape index (κ2) is 6.26. The van der Waals surface area contributed by atoms with E-state index in [9.17, 15) is 14.9 Å². The number of nitro benzene ring substituents is 1. The van der Waals surface area contributed by atoms with Crippen molar-refractivity contribution in [1.29, 1.82) is 0 Å². The minimum atomic E-state index is -0.498. The lowest BCUT2D eigenvalue weighted by molar-refractivity contribution is -0.384. The Bertz CT molecular complexity index is 597. The Morgan fingerprint density at radius 2 is 2.00 bits per heavy atom. The van der Waals surface area contributed by atoms with Gasteiger partial charge in [-0.05, 0) is 5.56 Å². The summed E-state index contributed by atoms with van der Waals surface area (Å²) in [6, 6.07) is 6.23. The molecule has 0 aliphatic carbocycles. The molecule has 1 aromatic carbocycles. The van der Waals surface area contributed by atoms with Gasteiger partial charge < -0.3 is 5.73 Å². The number of carbonyl (C=O) groups is 1. The summed E-state index contributed by atoms with van der Waals surface area (Å²) >= 11 is 1.23. The summed E-state index contributed by atoms with van der Waals surface area (Å²) in [5.41, 5.74) is 6.08. The number of aromatic nitrogens is 1. The molecule has 1 aromatic heterocycles. The number of hydrogen-bond donors (Lipinski definition) is 1. The van der Waals surface area contributed by atoms with Crippen LogP contribution in [0.3, 0.4) is 0 Å². The Hall–Kier alpha value is -1.99. The van der Waals surface area contributed by atoms with Gasteiger partial charge in [-0.1, -0.05) is 12.1 Å². The zero-order chi connectivity index (χ0) is 13.1. The fraction of sp³-hybridized carbons (Fsp3) is 0.0909. The number of nitro groups is 1. The van der Waals surface area contributed by atoms with E-state index >= 15 is 0 Å². The number of primary amides is 1. The van der Waals surface area contributed by atoms with Crippen molar-refractivity contribution in [1.82, 2.24) is 4.98 Å². The minimum Gasteiger partial charge on any atom is -0.365 e. The first-order chi connectivity index (χ1) is 8.56. The lowest BCUT2D eigenvalue weighted by Gasteiger charge is -1.97. The standard InChI is InChI=1S/C11H9N3O3S.ClH/c12-11(15)9-6-13-10(18-9)5-7-1-3-8(4-2-7)14(16)17;/h1-4,6H,5H2,(H2,12,15);1H. The molecule has 0 spiro atoms. The van der Waals surface area contributed by atoms with Gasteiger partial charge in [0.2, 0.25) is 0 Å². The summed E-state index contributed by atoms with van der Waals surface area (Å²) in [6.45, 7) is 0. The second-order valence-corrected chi connectivity index (χ2v) is 4.70. The van der Waals surface area contributed by atoms with Crippen LogP contribution in [0.2, 0.25) is 0 Å². The van der Waals surface area contributed by atoms with Crippen LogP contribution in [0.4, 0.5) is 5.69 Å². The van der Waals surface area contributed by atoms with Crippen LogP contribution in [0.15, 0.2) is 30.5 Å². The molecule has 2 N–H and O–H groups in total. The minimum absolute atomic E-state index is 0. The van der Waals surface area contributed by atoms with E-state index in [4.69, 9.17) is 5.73 Å². The molecule has 0 bridgehead atoms. The van der Waals surface area contributed by atoms with E-state index in [0.29, 0.717) is 11.3 Å². The van der Waals surface area contributed by atoms with E-state index in [1.54, 1.807) is 12.1 Å². The molecule has 6 nitrogen and oxygen atoms in total. The summed E-state index contributed by atoms with van der Waals surface area (Å²) in [4.78, 5) is 25.4. The molecule has 0 atom stereocenters. The topological polar surface area (TPSA) is 99.1 Å². The highest BCUT2D eigenvalue weighted by Crippen LogP contribution is 2.18. The first-order valence-electron chi connectivity index (χ1n) is 5.04. The molecule has 2 rings (SSSR count). The molecule has 100 valence electrons. The van der Waals surface area contributed by atoms with Crippen LogP contribution in [0.5, 0.6) is 0 Å². The Kier molecular flexibility index (Phi) is 4.96. The van der Waals surface area contributed by atoms with Crippen molar-refractivity contribution in [2.75, 3.05) is 0 Å². The lowest BCUT2D eigenvalue weighted by Crippen LogP contribution is -2.08. The normalized spacial score (nSPS) is 9.68. The molecule has 0 saturated heterocycles. The summed E-state index contributed by atoms with van der Waals surface area (Å²) in [6.07, 6.45) is 1.96. The largest absolute Gasteiger partial charge is 0.365 e. The van der Waals surface area contributed by atoms with Crippen LogP contribution in [-0.2, 0) is 6.42 Å². The van der Waals surface area contributed by atoms with Gasteiger partial charge in [0.1, 0.15) is 4.88 Å². The van der Waals surface area contributed by atoms with Crippen LogP contribution >= 0.6 is 23.7 Å². The van der Waals surface area contributed by atoms with Crippen molar-refractivity contribution >= 4 is 35.3 Å². The van der Waals surface area contributed by atoms with Gasteiger partial charge in [-0.3, -0.25) is 14.9 Å². The van der Waals surface area contributed by atoms with Crippen LogP contribution < -0.4 is 5.73 Å². The summed E-state index contributed by atoms with van der Waals surface area (Å²) in [7, 11) is 0. The van der Waals surface area contributed by atoms with E-state index in [-0.39, 0.29) is 18.1 Å². The second-order valence-electron chi connectivity index (χ2n) is 3.58. The Labute approximate surface area is 118 Å². The molecular formula is C11H10ClN3O3S. The number of carbonyl (C=O) groups excluding carboxylic acids is 1. The summed E-state index contributed by atoms with van der Waals surface area (Å²) in [5.74, 6) is -0.498. The third-order valence-corrected chi connectivity index (χ3v) is 3.31. The SMILES string of the molecule is Cl.NC(=O)c1cnc(Cc2ccc([N+](=O)[O-])cc2)s1. The summed E-state index contributed by atoms with van der Waals surface area (Å²) < 4.78 is 0. The van der Waals surface area contributed by atoms with E-state index in [2.05, 4.69) is 4.98 Å². The number of nitrogens with two attached hydrogens (primary N) is 1. The zero-order valence-corrected chi connectivity index (χ0v) is 11.2. The maximum Gasteiger partial charge on any atom is 0.269 e. The van der Waals surface area contributed by atoms with Crippen LogP contribution in [0.25, 0.3) is 0 Å². The monoisotopic (exact) mass is 299 g/mol. The third kappa shape index (κ3) is 3.73. The van der Waals surface area contributed by atoms with Gasteiger partial charge in [0.25, 0.3) is 11.6 Å². The van der Waals surface area contributed by atoms with Gasteiger partial charge in [0, 0.05) is 18.6 Å². The molecule has 0 aliphatic rings. The predicted molar refractivity (Wildman–Crippen MR) is 73.8 cm³/mol. The van der Waals surface area contributed by atoms with Crippen LogP contribution in [-0.4, -0.2) is 15.8 Å². The van der Waals surface area contributed by atoms with Crippen molar-refractivity contribution in [3.63, 3.8) is 0 Å². The number of thiazole rings is 1. The van der Waals surface area contributed by atoms with Gasteiger partial charge in [-0.25, -0.2) is 4.98 Å². The Balaban J connectivity index is 0.00000180. The Morgan fingerprint density at radius 3 is 2.47 bits per heavy atom. The highest BCUT2D eigenvalue weighted by molar-refractivity contribution is 7.13. The average molecular weight is 300 g/mol. The van der Waals surface area contributed by atoms with E-state index in [1.165, 1.54) is 29.7 Å². The van der Waals surface area contributed by atoms with E-state index in [0.717, 1.165) is 10.6 Å². The zero-order valence-electron chi connectivity index (χ0n) is 9.61. The molecule has 1 amide bonds. The number of halogens is 1. The van der Waals surface area contributed by atoms with Gasteiger partial charge in [-0.2, -0.15) is 0 Å². The quantitative estimate of drug-likeness (QED) is 0.690. The lowest BCUT2D eigenvalue weighted by atomic mass is 10.1. The van der Waals surface area contributed by atoms with E-state index in [1.807, 2.05) is 0 Å². The van der Waals surface area contributed by atoms with Crippen molar-refractivity contribution < 1.29 is 9.72 Å². The van der Waals surface area contributed by atoms with Gasteiger partial charge in [0.15, 0.2) is 0 Å². The smallest absolute Gasteiger partial charge is 0.269 e. The molecule has 0 saturated carbocycles. The summed E-state index contributed by atoms with van der Waals surface area (Å²) in [5, 5.41) is 11.2. The van der Waals surface area contributed by atoms with Gasteiger partial charge in [-0.15, -0.1) is 23.7 Å². The maximum atomic E-state index is 10.9. The molecule has 2 aromatic rings. The highest BCUT2D eigenvalue weighted by atomic mass is 35.5. The number of non-ortho nitro benzene ring substituents is 1. The molecule has 8 heteroatoms. The van der Waals surface area contributed by atoms with Crippen molar-refractivity contribution in [3.05, 3.63) is 56.0 Å². The molecule has 0 aliphatic heterocycles. The molecule has 1 heterocycles. The Morgan fingerprint density at radius 1 is 1.37 bits per heavy atom. The van der Waals surface area contributed by atoms with Gasteiger partial charge >= 0.3 is 0 Å². The van der Waals surface area contributed by atoms with E-state index < -0.39 is 10.8 Å². The number of amides is 1. The van der Waals surface area contributed by atoms with Crippen LogP contribution in [0, 0.1) is 10.1 Å². The number of hydrogen-bond acceptors (Lipinski definition) is 5. The first kappa shape index (κ1) is 15.1. The molecular weight excluding hydrogens is 290 g/mol. The molecule has 0 unspecified atom stereocenters. The predicted octanol–water partition coefficient (Wildman–Crippen LogP) is 2.16. The molecule has 0 radical (unpaired) electrons. The van der Waals surface area contributed by atoms with Crippen molar-refractivity contribution in [3.8, 4) is 0 Å². The molecule has 0 fully saturated rings. The fourth-order valence-electron chi connectivity index (χ4n) is 1.42. The molecule has 19 heavy (non-hydrogen) atoms.